The molecule has 164 valence electrons. The van der Waals surface area contributed by atoms with Gasteiger partial charge < -0.3 is 14.4 Å². The minimum absolute atomic E-state index is 0.128. The van der Waals surface area contributed by atoms with Gasteiger partial charge >= 0.3 is 0 Å². The van der Waals surface area contributed by atoms with Crippen LogP contribution in [0.1, 0.15) is 39.9 Å². The molecule has 3 aliphatic rings. The van der Waals surface area contributed by atoms with E-state index in [1.54, 1.807) is 6.07 Å². The highest BCUT2D eigenvalue weighted by Gasteiger charge is 2.44. The van der Waals surface area contributed by atoms with E-state index in [2.05, 4.69) is 53.9 Å². The molecule has 0 aromatic heterocycles. The normalized spacial score (nSPS) is 23.2. The molecule has 3 aromatic carbocycles. The zero-order valence-corrected chi connectivity index (χ0v) is 18.2. The predicted octanol–water partition coefficient (Wildman–Crippen LogP) is 4.70. The maximum atomic E-state index is 14.5. The van der Waals surface area contributed by atoms with Gasteiger partial charge in [-0.15, -0.1) is 0 Å². The van der Waals surface area contributed by atoms with E-state index in [0.717, 1.165) is 29.3 Å². The number of hydrogen-bond acceptors (Lipinski definition) is 5. The summed E-state index contributed by atoms with van der Waals surface area (Å²) < 4.78 is 25.9. The quantitative estimate of drug-likeness (QED) is 0.630. The van der Waals surface area contributed by atoms with Crippen molar-refractivity contribution in [3.8, 4) is 11.5 Å². The number of fused-ring (bicyclic) bond motifs is 4. The molecule has 32 heavy (non-hydrogen) atoms. The Kier molecular flexibility index (Phi) is 4.59. The Morgan fingerprint density at radius 1 is 0.938 bits per heavy atom. The zero-order valence-electron chi connectivity index (χ0n) is 18.2. The van der Waals surface area contributed by atoms with Crippen LogP contribution in [0.5, 0.6) is 11.5 Å². The van der Waals surface area contributed by atoms with E-state index in [-0.39, 0.29) is 30.6 Å². The smallest absolute Gasteiger partial charge is 0.231 e. The van der Waals surface area contributed by atoms with Crippen LogP contribution in [0.3, 0.4) is 0 Å². The van der Waals surface area contributed by atoms with Crippen LogP contribution in [-0.4, -0.2) is 13.3 Å². The topological polar surface area (TPSA) is 45.8 Å². The molecule has 3 aromatic rings. The molecule has 5 nitrogen and oxygen atoms in total. The number of ether oxygens (including phenoxy) is 2. The van der Waals surface area contributed by atoms with E-state index in [0.29, 0.717) is 12.1 Å². The molecule has 6 heteroatoms. The highest BCUT2D eigenvalue weighted by atomic mass is 19.1. The number of anilines is 1. The highest BCUT2D eigenvalue weighted by molar-refractivity contribution is 5.66. The van der Waals surface area contributed by atoms with Crippen molar-refractivity contribution in [1.82, 2.24) is 10.9 Å². The minimum Gasteiger partial charge on any atom is -0.454 e. The number of benzene rings is 3. The lowest BCUT2D eigenvalue weighted by atomic mass is 9.81. The summed E-state index contributed by atoms with van der Waals surface area (Å²) >= 11 is 0. The first-order valence-corrected chi connectivity index (χ1v) is 11.1. The first-order chi connectivity index (χ1) is 15.6. The molecule has 2 N–H and O–H groups in total. The molecule has 1 fully saturated rings. The van der Waals surface area contributed by atoms with Crippen LogP contribution in [0.25, 0.3) is 0 Å². The van der Waals surface area contributed by atoms with Crippen molar-refractivity contribution in [2.45, 2.75) is 32.5 Å². The summed E-state index contributed by atoms with van der Waals surface area (Å²) in [6.07, 6.45) is 0. The third-order valence-electron chi connectivity index (χ3n) is 7.09. The third kappa shape index (κ3) is 3.14. The van der Waals surface area contributed by atoms with Crippen molar-refractivity contribution in [1.29, 1.82) is 0 Å². The third-order valence-corrected chi connectivity index (χ3v) is 7.09. The second kappa shape index (κ2) is 7.50. The number of hydrazine groups is 1. The number of nitrogens with one attached hydrogen (secondary N) is 2. The van der Waals surface area contributed by atoms with Crippen molar-refractivity contribution in [2.75, 3.05) is 18.2 Å². The molecule has 3 aliphatic heterocycles. The molecule has 3 heterocycles. The molecule has 0 radical (unpaired) electrons. The summed E-state index contributed by atoms with van der Waals surface area (Å²) in [7, 11) is 0. The van der Waals surface area contributed by atoms with Gasteiger partial charge in [0.1, 0.15) is 5.82 Å². The second-order valence-electron chi connectivity index (χ2n) is 8.99. The van der Waals surface area contributed by atoms with Crippen molar-refractivity contribution < 1.29 is 13.9 Å². The lowest BCUT2D eigenvalue weighted by Crippen LogP contribution is -2.39. The van der Waals surface area contributed by atoms with Gasteiger partial charge in [-0.2, -0.15) is 0 Å². The average molecular weight is 432 g/mol. The second-order valence-corrected chi connectivity index (χ2v) is 8.99. The van der Waals surface area contributed by atoms with E-state index < -0.39 is 0 Å². The van der Waals surface area contributed by atoms with Gasteiger partial charge in [-0.25, -0.2) is 15.2 Å². The van der Waals surface area contributed by atoms with Gasteiger partial charge in [-0.1, -0.05) is 36.4 Å². The Morgan fingerprint density at radius 3 is 2.53 bits per heavy atom. The summed E-state index contributed by atoms with van der Waals surface area (Å²) in [5, 5.41) is 0. The fourth-order valence-corrected chi connectivity index (χ4v) is 5.20. The Hall–Kier alpha value is -3.09. The Balaban J connectivity index is 1.41. The van der Waals surface area contributed by atoms with Gasteiger partial charge in [-0.05, 0) is 48.2 Å². The molecule has 0 bridgehead atoms. The predicted molar refractivity (Wildman–Crippen MR) is 121 cm³/mol. The molecule has 1 saturated heterocycles. The first-order valence-electron chi connectivity index (χ1n) is 11.1. The Bertz CT molecular complexity index is 1200. The van der Waals surface area contributed by atoms with Gasteiger partial charge in [-0.3, -0.25) is 0 Å². The molecule has 0 spiro atoms. The number of aryl methyl sites for hydroxylation is 2. The van der Waals surface area contributed by atoms with E-state index in [1.165, 1.54) is 22.8 Å². The average Bonchev–Trinajstić information content (AvgIpc) is 3.42. The number of halogens is 1. The summed E-state index contributed by atoms with van der Waals surface area (Å²) in [4.78, 5) is 2.28. The van der Waals surface area contributed by atoms with E-state index in [4.69, 9.17) is 9.47 Å². The minimum atomic E-state index is -0.176. The van der Waals surface area contributed by atoms with Crippen molar-refractivity contribution in [3.05, 3.63) is 88.2 Å². The van der Waals surface area contributed by atoms with Gasteiger partial charge in [0.25, 0.3) is 0 Å². The largest absolute Gasteiger partial charge is 0.454 e. The lowest BCUT2D eigenvalue weighted by Gasteiger charge is -2.39. The summed E-state index contributed by atoms with van der Waals surface area (Å²) in [5.41, 5.74) is 13.8. The molecule has 3 unspecified atom stereocenters. The maximum absolute atomic E-state index is 14.5. The van der Waals surface area contributed by atoms with Crippen LogP contribution < -0.4 is 25.2 Å². The maximum Gasteiger partial charge on any atom is 0.231 e. The van der Waals surface area contributed by atoms with Crippen LogP contribution in [0.4, 0.5) is 10.1 Å². The molecule has 0 amide bonds. The monoisotopic (exact) mass is 431 g/mol. The fraction of sp³-hybridized carbons (Fsp3) is 0.308. The van der Waals surface area contributed by atoms with Gasteiger partial charge in [0.05, 0.1) is 12.1 Å². The molecule has 6 rings (SSSR count). The van der Waals surface area contributed by atoms with Crippen LogP contribution in [0, 0.1) is 25.6 Å². The van der Waals surface area contributed by atoms with E-state index in [1.807, 2.05) is 18.2 Å². The van der Waals surface area contributed by atoms with Crippen LogP contribution >= 0.6 is 0 Å². The van der Waals surface area contributed by atoms with E-state index >= 15 is 0 Å². The van der Waals surface area contributed by atoms with Crippen molar-refractivity contribution in [2.24, 2.45) is 5.92 Å². The number of rotatable bonds is 3. The number of nitrogens with zero attached hydrogens (tertiary/aromatic N) is 1. The summed E-state index contributed by atoms with van der Waals surface area (Å²) in [6, 6.07) is 18.1. The molecule has 3 atom stereocenters. The first kappa shape index (κ1) is 19.6. The van der Waals surface area contributed by atoms with Crippen LogP contribution in [0.15, 0.2) is 54.6 Å². The van der Waals surface area contributed by atoms with Crippen molar-refractivity contribution in [3.63, 3.8) is 0 Å². The van der Waals surface area contributed by atoms with Gasteiger partial charge in [0, 0.05) is 36.3 Å². The summed E-state index contributed by atoms with van der Waals surface area (Å²) in [6.45, 7) is 5.82. The fourth-order valence-electron chi connectivity index (χ4n) is 5.20. The van der Waals surface area contributed by atoms with Gasteiger partial charge in [0.15, 0.2) is 11.5 Å². The Morgan fingerprint density at radius 2 is 1.72 bits per heavy atom. The highest BCUT2D eigenvalue weighted by Crippen LogP contribution is 2.49. The zero-order chi connectivity index (χ0) is 21.8. The van der Waals surface area contributed by atoms with Crippen molar-refractivity contribution >= 4 is 5.69 Å². The molecule has 0 saturated carbocycles. The molecular formula is C26H26FN3O2. The number of hydrogen-bond donors (Lipinski definition) is 2. The van der Waals surface area contributed by atoms with Gasteiger partial charge in [0.2, 0.25) is 6.79 Å². The summed E-state index contributed by atoms with van der Waals surface area (Å²) in [5.74, 6) is 1.62. The Labute approximate surface area is 187 Å². The van der Waals surface area contributed by atoms with E-state index in [9.17, 15) is 4.39 Å². The SMILES string of the molecule is Cc1ccc(C2NNC3c4cc5c(cc4N(Cc4ccccc4F)CC23)OCO5)cc1C. The standard InChI is InChI=1S/C26H26FN3O2/c1-15-7-8-17(9-16(15)2)25-20-13-30(12-18-5-3-4-6-21(18)27)22-11-24-23(31-14-32-24)10-19(22)26(20)29-28-25/h3-11,20,25-26,28-29H,12-14H2,1-2H3. The molecular weight excluding hydrogens is 405 g/mol. The lowest BCUT2D eigenvalue weighted by molar-refractivity contribution is 0.174. The van der Waals surface area contributed by atoms with Crippen LogP contribution in [0.2, 0.25) is 0 Å². The van der Waals surface area contributed by atoms with Crippen LogP contribution in [-0.2, 0) is 6.54 Å². The molecule has 0 aliphatic carbocycles.